The van der Waals surface area contributed by atoms with Crippen molar-refractivity contribution in [1.82, 2.24) is 10.2 Å². The molecular weight excluding hydrogens is 228 g/mol. The van der Waals surface area contributed by atoms with Crippen LogP contribution in [0, 0.1) is 11.3 Å². The first-order valence-corrected chi connectivity index (χ1v) is 8.26. The van der Waals surface area contributed by atoms with Gasteiger partial charge in [0.1, 0.15) is 0 Å². The quantitative estimate of drug-likeness (QED) is 0.832. The Labute approximate surface area is 111 Å². The van der Waals surface area contributed by atoms with Gasteiger partial charge in [0.15, 0.2) is 0 Å². The van der Waals surface area contributed by atoms with Gasteiger partial charge in [-0.3, -0.25) is 0 Å². The van der Waals surface area contributed by atoms with E-state index in [1.165, 1.54) is 50.5 Å². The SMILES string of the molecule is CC1CC(C)(C)CC1NCCN1CCSCC1. The zero-order valence-electron chi connectivity index (χ0n) is 11.7. The Morgan fingerprint density at radius 3 is 2.53 bits per heavy atom. The molecule has 1 heterocycles. The summed E-state index contributed by atoms with van der Waals surface area (Å²) < 4.78 is 0. The Morgan fingerprint density at radius 2 is 1.94 bits per heavy atom. The highest BCUT2D eigenvalue weighted by Gasteiger charge is 2.36. The minimum absolute atomic E-state index is 0.554. The van der Waals surface area contributed by atoms with Crippen LogP contribution < -0.4 is 5.32 Å². The average molecular weight is 256 g/mol. The minimum atomic E-state index is 0.554. The highest BCUT2D eigenvalue weighted by atomic mass is 32.2. The first-order chi connectivity index (χ1) is 8.07. The Kier molecular flexibility index (Phi) is 4.79. The van der Waals surface area contributed by atoms with Crippen LogP contribution >= 0.6 is 11.8 Å². The lowest BCUT2D eigenvalue weighted by Gasteiger charge is -2.27. The molecule has 100 valence electrons. The summed E-state index contributed by atoms with van der Waals surface area (Å²) in [6.45, 7) is 12.2. The number of nitrogens with one attached hydrogen (secondary N) is 1. The standard InChI is InChI=1S/C14H28N2S/c1-12-10-14(2,3)11-13(12)15-4-5-16-6-8-17-9-7-16/h12-13,15H,4-11H2,1-3H3. The molecular formula is C14H28N2S. The van der Waals surface area contributed by atoms with Crippen LogP contribution in [0.2, 0.25) is 0 Å². The second-order valence-corrected chi connectivity index (χ2v) is 7.79. The maximum atomic E-state index is 3.79. The van der Waals surface area contributed by atoms with Gasteiger partial charge < -0.3 is 10.2 Å². The second-order valence-electron chi connectivity index (χ2n) is 6.56. The first-order valence-electron chi connectivity index (χ1n) is 7.10. The van der Waals surface area contributed by atoms with Crippen molar-refractivity contribution in [3.63, 3.8) is 0 Å². The zero-order valence-corrected chi connectivity index (χ0v) is 12.5. The monoisotopic (exact) mass is 256 g/mol. The van der Waals surface area contributed by atoms with E-state index in [1.807, 2.05) is 0 Å². The molecule has 1 saturated carbocycles. The fourth-order valence-electron chi connectivity index (χ4n) is 3.40. The summed E-state index contributed by atoms with van der Waals surface area (Å²) in [4.78, 5) is 2.61. The van der Waals surface area contributed by atoms with Crippen molar-refractivity contribution in [2.45, 2.75) is 39.7 Å². The van der Waals surface area contributed by atoms with Crippen molar-refractivity contribution in [3.05, 3.63) is 0 Å². The van der Waals surface area contributed by atoms with Crippen LogP contribution in [0.3, 0.4) is 0 Å². The first kappa shape index (κ1) is 13.7. The molecule has 2 rings (SSSR count). The van der Waals surface area contributed by atoms with E-state index >= 15 is 0 Å². The van der Waals surface area contributed by atoms with Crippen LogP contribution in [-0.4, -0.2) is 48.6 Å². The largest absolute Gasteiger partial charge is 0.312 e. The van der Waals surface area contributed by atoms with Crippen LogP contribution in [0.1, 0.15) is 33.6 Å². The zero-order chi connectivity index (χ0) is 12.3. The van der Waals surface area contributed by atoms with Crippen molar-refractivity contribution >= 4 is 11.8 Å². The Hall–Kier alpha value is 0.270. The van der Waals surface area contributed by atoms with Gasteiger partial charge in [0.25, 0.3) is 0 Å². The third-order valence-corrected chi connectivity index (χ3v) is 5.21. The number of hydrogen-bond donors (Lipinski definition) is 1. The van der Waals surface area contributed by atoms with Gasteiger partial charge in [-0.05, 0) is 24.2 Å². The Bertz CT molecular complexity index is 236. The minimum Gasteiger partial charge on any atom is -0.312 e. The third-order valence-electron chi connectivity index (χ3n) is 4.27. The fraction of sp³-hybridized carbons (Fsp3) is 1.00. The van der Waals surface area contributed by atoms with E-state index in [-0.39, 0.29) is 0 Å². The van der Waals surface area contributed by atoms with E-state index in [4.69, 9.17) is 0 Å². The molecule has 0 aromatic heterocycles. The molecule has 0 bridgehead atoms. The molecule has 0 aromatic rings. The maximum absolute atomic E-state index is 3.79. The second kappa shape index (κ2) is 5.94. The number of rotatable bonds is 4. The molecule has 17 heavy (non-hydrogen) atoms. The van der Waals surface area contributed by atoms with Gasteiger partial charge in [-0.15, -0.1) is 0 Å². The van der Waals surface area contributed by atoms with Crippen LogP contribution in [0.4, 0.5) is 0 Å². The molecule has 2 fully saturated rings. The van der Waals surface area contributed by atoms with E-state index in [9.17, 15) is 0 Å². The maximum Gasteiger partial charge on any atom is 0.0108 e. The normalized spacial score (nSPS) is 34.1. The molecule has 1 saturated heterocycles. The smallest absolute Gasteiger partial charge is 0.0108 e. The number of nitrogens with zero attached hydrogens (tertiary/aromatic N) is 1. The molecule has 0 aromatic carbocycles. The summed E-state index contributed by atoms with van der Waals surface area (Å²) in [5.41, 5.74) is 0.554. The van der Waals surface area contributed by atoms with Crippen LogP contribution in [0.25, 0.3) is 0 Å². The fourth-order valence-corrected chi connectivity index (χ4v) is 4.38. The molecule has 2 nitrogen and oxygen atoms in total. The lowest BCUT2D eigenvalue weighted by Crippen LogP contribution is -2.41. The Balaban J connectivity index is 1.65. The molecule has 2 atom stereocenters. The van der Waals surface area contributed by atoms with Crippen LogP contribution in [0.15, 0.2) is 0 Å². The number of thioether (sulfide) groups is 1. The van der Waals surface area contributed by atoms with E-state index in [1.54, 1.807) is 0 Å². The molecule has 0 amide bonds. The van der Waals surface area contributed by atoms with E-state index in [0.717, 1.165) is 12.0 Å². The molecule has 3 heteroatoms. The summed E-state index contributed by atoms with van der Waals surface area (Å²) in [5, 5.41) is 3.79. The summed E-state index contributed by atoms with van der Waals surface area (Å²) in [5.74, 6) is 3.50. The summed E-state index contributed by atoms with van der Waals surface area (Å²) in [7, 11) is 0. The van der Waals surface area contributed by atoms with Gasteiger partial charge in [0, 0.05) is 43.7 Å². The van der Waals surface area contributed by atoms with Gasteiger partial charge in [0.2, 0.25) is 0 Å². The summed E-state index contributed by atoms with van der Waals surface area (Å²) >= 11 is 2.10. The molecule has 1 N–H and O–H groups in total. The van der Waals surface area contributed by atoms with Gasteiger partial charge >= 0.3 is 0 Å². The van der Waals surface area contributed by atoms with Gasteiger partial charge in [-0.2, -0.15) is 11.8 Å². The highest BCUT2D eigenvalue weighted by Crippen LogP contribution is 2.40. The molecule has 2 unspecified atom stereocenters. The van der Waals surface area contributed by atoms with Crippen molar-refractivity contribution in [2.75, 3.05) is 37.7 Å². The van der Waals surface area contributed by atoms with Crippen molar-refractivity contribution < 1.29 is 0 Å². The topological polar surface area (TPSA) is 15.3 Å². The summed E-state index contributed by atoms with van der Waals surface area (Å²) in [6.07, 6.45) is 2.73. The molecule has 0 radical (unpaired) electrons. The van der Waals surface area contributed by atoms with E-state index < -0.39 is 0 Å². The number of hydrogen-bond acceptors (Lipinski definition) is 3. The lowest BCUT2D eigenvalue weighted by molar-refractivity contribution is 0.287. The summed E-state index contributed by atoms with van der Waals surface area (Å²) in [6, 6.07) is 0.754. The molecule has 1 aliphatic carbocycles. The van der Waals surface area contributed by atoms with Gasteiger partial charge in [0.05, 0.1) is 0 Å². The molecule has 1 aliphatic heterocycles. The van der Waals surface area contributed by atoms with Gasteiger partial charge in [-0.25, -0.2) is 0 Å². The average Bonchev–Trinajstić information content (AvgIpc) is 2.53. The molecule has 0 spiro atoms. The highest BCUT2D eigenvalue weighted by molar-refractivity contribution is 7.99. The van der Waals surface area contributed by atoms with E-state index in [2.05, 4.69) is 42.7 Å². The van der Waals surface area contributed by atoms with Crippen molar-refractivity contribution in [3.8, 4) is 0 Å². The van der Waals surface area contributed by atoms with Crippen LogP contribution in [-0.2, 0) is 0 Å². The molecule has 2 aliphatic rings. The predicted octanol–water partition coefficient (Wildman–Crippen LogP) is 2.45. The Morgan fingerprint density at radius 1 is 1.24 bits per heavy atom. The lowest BCUT2D eigenvalue weighted by atomic mass is 9.91. The predicted molar refractivity (Wildman–Crippen MR) is 77.7 cm³/mol. The van der Waals surface area contributed by atoms with Crippen LogP contribution in [0.5, 0.6) is 0 Å². The van der Waals surface area contributed by atoms with Crippen molar-refractivity contribution in [2.24, 2.45) is 11.3 Å². The third kappa shape index (κ3) is 4.15. The van der Waals surface area contributed by atoms with Gasteiger partial charge in [-0.1, -0.05) is 20.8 Å². The van der Waals surface area contributed by atoms with E-state index in [0.29, 0.717) is 5.41 Å². The van der Waals surface area contributed by atoms with Crippen molar-refractivity contribution in [1.29, 1.82) is 0 Å².